The van der Waals surface area contributed by atoms with Crippen LogP contribution >= 0.6 is 0 Å². The zero-order valence-electron chi connectivity index (χ0n) is 11.8. The van der Waals surface area contributed by atoms with Gasteiger partial charge in [-0.1, -0.05) is 11.5 Å². The van der Waals surface area contributed by atoms with Crippen molar-refractivity contribution in [2.24, 2.45) is 0 Å². The summed E-state index contributed by atoms with van der Waals surface area (Å²) in [7, 11) is -1.45. The number of hydrogen-bond acceptors (Lipinski definition) is 4. The minimum Gasteiger partial charge on any atom is -0.444 e. The van der Waals surface area contributed by atoms with Gasteiger partial charge in [-0.2, -0.15) is 0 Å². The van der Waals surface area contributed by atoms with Gasteiger partial charge in [-0.05, 0) is 46.5 Å². The second-order valence-electron chi connectivity index (χ2n) is 6.33. The predicted molar refractivity (Wildman–Crippen MR) is 72.4 cm³/mol. The molecule has 19 heavy (non-hydrogen) atoms. The summed E-state index contributed by atoms with van der Waals surface area (Å²) in [5.41, 5.74) is 0.434. The van der Waals surface area contributed by atoms with Crippen molar-refractivity contribution in [2.75, 3.05) is 0 Å². The van der Waals surface area contributed by atoms with Crippen molar-refractivity contribution >= 4 is 13.2 Å². The summed E-state index contributed by atoms with van der Waals surface area (Å²) in [5.74, 6) is 1.45. The molecule has 2 N–H and O–H groups in total. The van der Waals surface area contributed by atoms with Crippen molar-refractivity contribution in [1.29, 1.82) is 0 Å². The molecule has 0 aromatic heterocycles. The highest BCUT2D eigenvalue weighted by molar-refractivity contribution is 6.47. The summed E-state index contributed by atoms with van der Waals surface area (Å²) in [6.45, 7) is 5.56. The molecule has 2 aliphatic heterocycles. The van der Waals surface area contributed by atoms with Crippen molar-refractivity contribution in [3.8, 4) is 0 Å². The van der Waals surface area contributed by atoms with E-state index in [2.05, 4.69) is 0 Å². The van der Waals surface area contributed by atoms with Crippen molar-refractivity contribution in [3.63, 3.8) is 0 Å². The molecule has 2 bridgehead atoms. The Kier molecular flexibility index (Phi) is 3.92. The third-order valence-electron chi connectivity index (χ3n) is 3.66. The van der Waals surface area contributed by atoms with Crippen molar-refractivity contribution in [2.45, 2.75) is 64.1 Å². The van der Waals surface area contributed by atoms with Crippen LogP contribution in [0.25, 0.3) is 0 Å². The van der Waals surface area contributed by atoms with E-state index in [-0.39, 0.29) is 18.2 Å². The fourth-order valence-corrected chi connectivity index (χ4v) is 3.01. The standard InChI is InChI=1S/C13H22BNO4/c1-13(2,3)19-12(16)15-10-5-4-9(8-14(17)18)11(15)7-6-10/h8,10-11,17-18H,4-7H2,1-3H3/b9-8-. The second kappa shape index (κ2) is 5.17. The maximum atomic E-state index is 12.3. The molecule has 0 aliphatic carbocycles. The normalized spacial score (nSPS) is 28.7. The van der Waals surface area contributed by atoms with Crippen molar-refractivity contribution in [3.05, 3.63) is 11.5 Å². The summed E-state index contributed by atoms with van der Waals surface area (Å²) >= 11 is 0. The quantitative estimate of drug-likeness (QED) is 0.706. The van der Waals surface area contributed by atoms with Crippen LogP contribution in [0.4, 0.5) is 4.79 Å². The number of hydrogen-bond donors (Lipinski definition) is 2. The zero-order chi connectivity index (χ0) is 14.2. The van der Waals surface area contributed by atoms with Crippen LogP contribution in [0.1, 0.15) is 46.5 Å². The van der Waals surface area contributed by atoms with E-state index in [1.165, 1.54) is 5.98 Å². The number of amides is 1. The predicted octanol–water partition coefficient (Wildman–Crippen LogP) is 1.49. The van der Waals surface area contributed by atoms with Crippen LogP contribution in [-0.2, 0) is 4.74 Å². The largest absolute Gasteiger partial charge is 0.480 e. The molecule has 0 aromatic carbocycles. The maximum absolute atomic E-state index is 12.3. The summed E-state index contributed by atoms with van der Waals surface area (Å²) in [5, 5.41) is 18.2. The van der Waals surface area contributed by atoms with Crippen LogP contribution in [0, 0.1) is 0 Å². The Hall–Kier alpha value is -1.01. The van der Waals surface area contributed by atoms with Crippen molar-refractivity contribution in [1.82, 2.24) is 4.90 Å². The van der Waals surface area contributed by atoms with Crippen LogP contribution in [0.2, 0.25) is 0 Å². The lowest BCUT2D eigenvalue weighted by atomic mass is 9.83. The van der Waals surface area contributed by atoms with Gasteiger partial charge in [0.1, 0.15) is 5.60 Å². The van der Waals surface area contributed by atoms with E-state index in [9.17, 15) is 4.79 Å². The first-order valence-corrected chi connectivity index (χ1v) is 6.86. The topological polar surface area (TPSA) is 70.0 Å². The highest BCUT2D eigenvalue weighted by atomic mass is 16.6. The molecule has 0 saturated carbocycles. The number of piperidine rings is 1. The summed E-state index contributed by atoms with van der Waals surface area (Å²) < 4.78 is 5.45. The molecular weight excluding hydrogens is 245 g/mol. The molecule has 2 atom stereocenters. The molecule has 1 amide bonds. The third-order valence-corrected chi connectivity index (χ3v) is 3.66. The van der Waals surface area contributed by atoms with Crippen LogP contribution in [0.5, 0.6) is 0 Å². The molecule has 0 aromatic rings. The average molecular weight is 267 g/mol. The van der Waals surface area contributed by atoms with Gasteiger partial charge in [0.15, 0.2) is 0 Å². The highest BCUT2D eigenvalue weighted by Gasteiger charge is 2.43. The van der Waals surface area contributed by atoms with Gasteiger partial charge in [-0.3, -0.25) is 4.90 Å². The Balaban J connectivity index is 2.15. The van der Waals surface area contributed by atoms with E-state index < -0.39 is 12.7 Å². The van der Waals surface area contributed by atoms with Crippen LogP contribution in [-0.4, -0.2) is 45.8 Å². The Morgan fingerprint density at radius 2 is 2.05 bits per heavy atom. The molecule has 0 spiro atoms. The van der Waals surface area contributed by atoms with Gasteiger partial charge < -0.3 is 14.8 Å². The Labute approximate surface area is 114 Å². The first-order chi connectivity index (χ1) is 8.78. The van der Waals surface area contributed by atoms with Gasteiger partial charge >= 0.3 is 13.2 Å². The molecule has 2 aliphatic rings. The molecule has 106 valence electrons. The van der Waals surface area contributed by atoms with E-state index in [1.54, 1.807) is 4.90 Å². The minimum absolute atomic E-state index is 0.0320. The number of ether oxygens (including phenoxy) is 1. The first kappa shape index (κ1) is 14.4. The lowest BCUT2D eigenvalue weighted by molar-refractivity contribution is 0.0133. The molecule has 2 saturated heterocycles. The Morgan fingerprint density at radius 3 is 2.63 bits per heavy atom. The lowest BCUT2D eigenvalue weighted by Crippen LogP contribution is -2.47. The lowest BCUT2D eigenvalue weighted by Gasteiger charge is -2.37. The second-order valence-corrected chi connectivity index (χ2v) is 6.33. The molecule has 6 heteroatoms. The van der Waals surface area contributed by atoms with Crippen LogP contribution in [0.3, 0.4) is 0 Å². The molecule has 2 heterocycles. The van der Waals surface area contributed by atoms with E-state index in [4.69, 9.17) is 14.8 Å². The Bertz CT molecular complexity index is 389. The highest BCUT2D eigenvalue weighted by Crippen LogP contribution is 2.39. The summed E-state index contributed by atoms with van der Waals surface area (Å²) in [4.78, 5) is 14.0. The van der Waals surface area contributed by atoms with Gasteiger partial charge in [0, 0.05) is 6.04 Å². The smallest absolute Gasteiger partial charge is 0.444 e. The zero-order valence-corrected chi connectivity index (χ0v) is 11.8. The first-order valence-electron chi connectivity index (χ1n) is 6.86. The van der Waals surface area contributed by atoms with E-state index in [1.807, 2.05) is 20.8 Å². The van der Waals surface area contributed by atoms with E-state index >= 15 is 0 Å². The molecular formula is C13H22BNO4. The van der Waals surface area contributed by atoms with Crippen molar-refractivity contribution < 1.29 is 19.6 Å². The SMILES string of the molecule is CC(C)(C)OC(=O)N1C2CC/C(=C/B(O)O)C1CC2. The van der Waals surface area contributed by atoms with Gasteiger partial charge in [0.2, 0.25) is 0 Å². The monoisotopic (exact) mass is 267 g/mol. The van der Waals surface area contributed by atoms with Crippen LogP contribution in [0.15, 0.2) is 11.5 Å². The molecule has 2 rings (SSSR count). The van der Waals surface area contributed by atoms with Gasteiger partial charge in [-0.25, -0.2) is 4.79 Å². The molecule has 5 nitrogen and oxygen atoms in total. The van der Waals surface area contributed by atoms with Gasteiger partial charge in [0.05, 0.1) is 6.04 Å². The fourth-order valence-electron chi connectivity index (χ4n) is 3.01. The average Bonchev–Trinajstić information content (AvgIpc) is 2.56. The molecule has 0 radical (unpaired) electrons. The fraction of sp³-hybridized carbons (Fsp3) is 0.769. The number of fused-ring (bicyclic) bond motifs is 2. The molecule has 2 unspecified atom stereocenters. The molecule has 2 fully saturated rings. The maximum Gasteiger partial charge on any atom is 0.480 e. The third kappa shape index (κ3) is 3.31. The summed E-state index contributed by atoms with van der Waals surface area (Å²) in [6.07, 6.45) is 3.24. The number of nitrogens with zero attached hydrogens (tertiary/aromatic N) is 1. The number of rotatable bonds is 1. The summed E-state index contributed by atoms with van der Waals surface area (Å²) in [6, 6.07) is 0.197. The van der Waals surface area contributed by atoms with Crippen LogP contribution < -0.4 is 0 Å². The minimum atomic E-state index is -1.45. The van der Waals surface area contributed by atoms with E-state index in [0.29, 0.717) is 0 Å². The van der Waals surface area contributed by atoms with Gasteiger partial charge in [0.25, 0.3) is 0 Å². The number of carbonyl (C=O) groups is 1. The number of carbonyl (C=O) groups excluding carboxylic acids is 1. The van der Waals surface area contributed by atoms with Gasteiger partial charge in [-0.15, -0.1) is 0 Å². The Morgan fingerprint density at radius 1 is 1.37 bits per heavy atom. The van der Waals surface area contributed by atoms with E-state index in [0.717, 1.165) is 31.3 Å².